The van der Waals surface area contributed by atoms with Gasteiger partial charge in [-0.15, -0.1) is 0 Å². The summed E-state index contributed by atoms with van der Waals surface area (Å²) < 4.78 is 34.1. The van der Waals surface area contributed by atoms with E-state index in [9.17, 15) is 8.42 Å². The highest BCUT2D eigenvalue weighted by molar-refractivity contribution is 7.89. The summed E-state index contributed by atoms with van der Waals surface area (Å²) in [5.74, 6) is 1.21. The van der Waals surface area contributed by atoms with E-state index in [1.807, 2.05) is 0 Å². The molecular weight excluding hydrogens is 292 g/mol. The molecule has 0 aliphatic heterocycles. The van der Waals surface area contributed by atoms with Crippen LogP contribution in [0.25, 0.3) is 5.65 Å². The zero-order valence-corrected chi connectivity index (χ0v) is 12.1. The smallest absolute Gasteiger partial charge is 0.260 e. The molecule has 3 aromatic heterocycles. The minimum atomic E-state index is -3.80. The zero-order chi connectivity index (χ0) is 15.0. The van der Waals surface area contributed by atoms with Crippen molar-refractivity contribution >= 4 is 21.5 Å². The van der Waals surface area contributed by atoms with Crippen LogP contribution in [-0.4, -0.2) is 17.8 Å². The molecule has 3 aromatic rings. The van der Waals surface area contributed by atoms with Crippen LogP contribution in [0.15, 0.2) is 46.0 Å². The highest BCUT2D eigenvalue weighted by atomic mass is 32.2. The number of aromatic nitrogens is 2. The van der Waals surface area contributed by atoms with Gasteiger partial charge in [-0.05, 0) is 31.2 Å². The highest BCUT2D eigenvalue weighted by Gasteiger charge is 2.23. The van der Waals surface area contributed by atoms with Crippen molar-refractivity contribution in [3.63, 3.8) is 0 Å². The van der Waals surface area contributed by atoms with Crippen LogP contribution < -0.4 is 10.5 Å². The molecule has 3 rings (SSSR count). The lowest BCUT2D eigenvalue weighted by atomic mass is 10.4. The Morgan fingerprint density at radius 2 is 2.14 bits per heavy atom. The minimum Gasteiger partial charge on any atom is -0.465 e. The fourth-order valence-corrected chi connectivity index (χ4v) is 3.28. The molecule has 0 amide bonds. The van der Waals surface area contributed by atoms with Gasteiger partial charge in [-0.3, -0.25) is 4.40 Å². The first kappa shape index (κ1) is 13.7. The van der Waals surface area contributed by atoms with Gasteiger partial charge in [0.1, 0.15) is 17.2 Å². The minimum absolute atomic E-state index is 0.0377. The third kappa shape index (κ3) is 2.50. The molecule has 0 aliphatic carbocycles. The average Bonchev–Trinajstić information content (AvgIpc) is 2.99. The number of nitrogen functional groups attached to an aromatic ring is 1. The highest BCUT2D eigenvalue weighted by Crippen LogP contribution is 2.20. The number of rotatable bonds is 4. The number of anilines is 1. The summed E-state index contributed by atoms with van der Waals surface area (Å²) in [6.45, 7) is 1.84. The van der Waals surface area contributed by atoms with Gasteiger partial charge in [0.2, 0.25) is 0 Å². The maximum atomic E-state index is 12.4. The van der Waals surface area contributed by atoms with E-state index < -0.39 is 10.0 Å². The molecule has 0 aromatic carbocycles. The second-order valence-corrected chi connectivity index (χ2v) is 6.25. The van der Waals surface area contributed by atoms with Crippen molar-refractivity contribution in [2.24, 2.45) is 0 Å². The summed E-state index contributed by atoms with van der Waals surface area (Å²) >= 11 is 0. The van der Waals surface area contributed by atoms with Crippen molar-refractivity contribution < 1.29 is 12.8 Å². The second-order valence-electron chi connectivity index (χ2n) is 4.57. The third-order valence-electron chi connectivity index (χ3n) is 3.00. The SMILES string of the molecule is Cc1ccc(CNS(=O)(=O)c2c(N)nc3ccccn23)o1. The fourth-order valence-electron chi connectivity index (χ4n) is 2.07. The first-order valence-electron chi connectivity index (χ1n) is 6.25. The average molecular weight is 306 g/mol. The van der Waals surface area contributed by atoms with E-state index in [1.165, 1.54) is 4.40 Å². The van der Waals surface area contributed by atoms with Crippen molar-refractivity contribution in [1.29, 1.82) is 0 Å². The number of imidazole rings is 1. The molecule has 8 heteroatoms. The van der Waals surface area contributed by atoms with Crippen molar-refractivity contribution in [2.75, 3.05) is 5.73 Å². The zero-order valence-electron chi connectivity index (χ0n) is 11.3. The molecule has 0 unspecified atom stereocenters. The Hall–Kier alpha value is -2.32. The number of aryl methyl sites for hydroxylation is 1. The van der Waals surface area contributed by atoms with E-state index in [2.05, 4.69) is 9.71 Å². The lowest BCUT2D eigenvalue weighted by molar-refractivity contribution is 0.475. The van der Waals surface area contributed by atoms with Crippen molar-refractivity contribution in [2.45, 2.75) is 18.5 Å². The van der Waals surface area contributed by atoms with E-state index in [4.69, 9.17) is 10.2 Å². The summed E-state index contributed by atoms with van der Waals surface area (Å²) in [4.78, 5) is 4.04. The normalized spacial score (nSPS) is 12.0. The van der Waals surface area contributed by atoms with Gasteiger partial charge in [0.15, 0.2) is 10.8 Å². The molecule has 0 saturated carbocycles. The monoisotopic (exact) mass is 306 g/mol. The quantitative estimate of drug-likeness (QED) is 0.756. The summed E-state index contributed by atoms with van der Waals surface area (Å²) in [7, 11) is -3.80. The summed E-state index contributed by atoms with van der Waals surface area (Å²) in [5.41, 5.74) is 6.21. The predicted octanol–water partition coefficient (Wildman–Crippen LogP) is 1.30. The molecule has 3 N–H and O–H groups in total. The number of sulfonamides is 1. The number of furan rings is 1. The molecule has 0 spiro atoms. The molecule has 7 nitrogen and oxygen atoms in total. The van der Waals surface area contributed by atoms with E-state index >= 15 is 0 Å². The molecule has 0 atom stereocenters. The molecule has 0 fully saturated rings. The number of hydrogen-bond donors (Lipinski definition) is 2. The molecule has 0 aliphatic rings. The molecule has 0 radical (unpaired) electrons. The van der Waals surface area contributed by atoms with Gasteiger partial charge in [-0.25, -0.2) is 18.1 Å². The maximum Gasteiger partial charge on any atom is 0.260 e. The molecule has 110 valence electrons. The lowest BCUT2D eigenvalue weighted by Gasteiger charge is -2.06. The van der Waals surface area contributed by atoms with Gasteiger partial charge < -0.3 is 10.2 Å². The van der Waals surface area contributed by atoms with Gasteiger partial charge in [0, 0.05) is 6.20 Å². The number of nitrogens with one attached hydrogen (secondary N) is 1. The first-order chi connectivity index (χ1) is 9.97. The number of nitrogens with zero attached hydrogens (tertiary/aromatic N) is 2. The molecule has 0 saturated heterocycles. The second kappa shape index (κ2) is 4.90. The van der Waals surface area contributed by atoms with Crippen LogP contribution in [0, 0.1) is 6.92 Å². The van der Waals surface area contributed by atoms with E-state index in [0.717, 1.165) is 5.76 Å². The number of pyridine rings is 1. The largest absolute Gasteiger partial charge is 0.465 e. The van der Waals surface area contributed by atoms with Gasteiger partial charge in [0.05, 0.1) is 6.54 Å². The summed E-state index contributed by atoms with van der Waals surface area (Å²) in [6.07, 6.45) is 1.60. The summed E-state index contributed by atoms with van der Waals surface area (Å²) in [5, 5.41) is -0.0682. The summed E-state index contributed by atoms with van der Waals surface area (Å²) in [6, 6.07) is 8.65. The van der Waals surface area contributed by atoms with Crippen molar-refractivity contribution in [3.05, 3.63) is 48.0 Å². The Bertz CT molecular complexity index is 895. The van der Waals surface area contributed by atoms with Crippen LogP contribution in [0.5, 0.6) is 0 Å². The van der Waals surface area contributed by atoms with Crippen LogP contribution in [0.3, 0.4) is 0 Å². The lowest BCUT2D eigenvalue weighted by Crippen LogP contribution is -2.25. The number of fused-ring (bicyclic) bond motifs is 1. The van der Waals surface area contributed by atoms with E-state index in [1.54, 1.807) is 43.5 Å². The maximum absolute atomic E-state index is 12.4. The Kier molecular flexibility index (Phi) is 3.19. The molecular formula is C13H14N4O3S. The molecule has 0 bridgehead atoms. The predicted molar refractivity (Wildman–Crippen MR) is 77.1 cm³/mol. The van der Waals surface area contributed by atoms with Crippen LogP contribution in [0.1, 0.15) is 11.5 Å². The van der Waals surface area contributed by atoms with Gasteiger partial charge >= 0.3 is 0 Å². The third-order valence-corrected chi connectivity index (χ3v) is 4.44. The van der Waals surface area contributed by atoms with Crippen LogP contribution in [0.2, 0.25) is 0 Å². The van der Waals surface area contributed by atoms with Gasteiger partial charge in [-0.2, -0.15) is 0 Å². The van der Waals surface area contributed by atoms with Crippen molar-refractivity contribution in [1.82, 2.24) is 14.1 Å². The molecule has 21 heavy (non-hydrogen) atoms. The molecule has 3 heterocycles. The fraction of sp³-hybridized carbons (Fsp3) is 0.154. The van der Waals surface area contributed by atoms with Gasteiger partial charge in [-0.1, -0.05) is 6.07 Å². The van der Waals surface area contributed by atoms with E-state index in [0.29, 0.717) is 11.4 Å². The van der Waals surface area contributed by atoms with Crippen LogP contribution in [0.4, 0.5) is 5.82 Å². The topological polar surface area (TPSA) is 103 Å². The first-order valence-corrected chi connectivity index (χ1v) is 7.73. The van der Waals surface area contributed by atoms with Crippen LogP contribution >= 0.6 is 0 Å². The van der Waals surface area contributed by atoms with Gasteiger partial charge in [0.25, 0.3) is 10.0 Å². The Balaban J connectivity index is 1.95. The Morgan fingerprint density at radius 1 is 1.33 bits per heavy atom. The Morgan fingerprint density at radius 3 is 2.86 bits per heavy atom. The number of nitrogens with two attached hydrogens (primary N) is 1. The standard InChI is InChI=1S/C13H14N4O3S/c1-9-5-6-10(20-9)8-15-21(18,19)13-12(14)16-11-4-2-3-7-17(11)13/h2-7,15H,8,14H2,1H3. The van der Waals surface area contributed by atoms with Crippen molar-refractivity contribution in [3.8, 4) is 0 Å². The Labute approximate surface area is 121 Å². The number of hydrogen-bond acceptors (Lipinski definition) is 5. The van der Waals surface area contributed by atoms with Crippen LogP contribution in [-0.2, 0) is 16.6 Å². The van der Waals surface area contributed by atoms with E-state index in [-0.39, 0.29) is 17.4 Å².